The zero-order valence-electron chi connectivity index (χ0n) is 11.1. The van der Waals surface area contributed by atoms with Crippen LogP contribution in [0.3, 0.4) is 0 Å². The summed E-state index contributed by atoms with van der Waals surface area (Å²) in [6.07, 6.45) is 2.37. The molecule has 0 aliphatic rings. The van der Waals surface area contributed by atoms with Crippen molar-refractivity contribution >= 4 is 5.97 Å². The maximum atomic E-state index is 11.5. The molecule has 2 rings (SSSR count). The lowest BCUT2D eigenvalue weighted by atomic mass is 10.1. The van der Waals surface area contributed by atoms with Crippen LogP contribution >= 0.6 is 0 Å². The number of carbonyl (C=O) groups is 1. The smallest absolute Gasteiger partial charge is 0.309 e. The molecule has 100 valence electrons. The number of aromatic nitrogens is 3. The van der Waals surface area contributed by atoms with Crippen molar-refractivity contribution in [1.82, 2.24) is 15.0 Å². The minimum atomic E-state index is -0.208. The van der Waals surface area contributed by atoms with E-state index in [2.05, 4.69) is 10.3 Å². The molecule has 0 radical (unpaired) electrons. The fourth-order valence-corrected chi connectivity index (χ4v) is 1.78. The number of rotatable bonds is 5. The Bertz CT molecular complexity index is 537. The molecule has 1 unspecified atom stereocenters. The van der Waals surface area contributed by atoms with Crippen LogP contribution in [-0.4, -0.2) is 27.6 Å². The van der Waals surface area contributed by atoms with Crippen LogP contribution in [0.4, 0.5) is 0 Å². The third-order valence-corrected chi connectivity index (χ3v) is 2.77. The van der Waals surface area contributed by atoms with Crippen LogP contribution in [0, 0.1) is 5.92 Å². The van der Waals surface area contributed by atoms with E-state index in [1.807, 2.05) is 43.5 Å². The van der Waals surface area contributed by atoms with Gasteiger partial charge in [0.15, 0.2) is 0 Å². The number of nitrogens with zero attached hydrogens (tertiary/aromatic N) is 3. The van der Waals surface area contributed by atoms with Gasteiger partial charge in [0, 0.05) is 6.42 Å². The first-order valence-corrected chi connectivity index (χ1v) is 6.34. The van der Waals surface area contributed by atoms with Gasteiger partial charge in [-0.2, -0.15) is 0 Å². The summed E-state index contributed by atoms with van der Waals surface area (Å²) in [6.45, 7) is 4.04. The van der Waals surface area contributed by atoms with Gasteiger partial charge < -0.3 is 4.74 Å². The predicted octanol–water partition coefficient (Wildman–Crippen LogP) is 2.01. The molecule has 0 fully saturated rings. The summed E-state index contributed by atoms with van der Waals surface area (Å²) in [7, 11) is 0. The van der Waals surface area contributed by atoms with E-state index in [4.69, 9.17) is 4.74 Å². The van der Waals surface area contributed by atoms with Crippen molar-refractivity contribution in [2.45, 2.75) is 20.3 Å². The Labute approximate surface area is 112 Å². The summed E-state index contributed by atoms with van der Waals surface area (Å²) in [5, 5.41) is 8.14. The topological polar surface area (TPSA) is 57.0 Å². The molecule has 0 spiro atoms. The zero-order valence-corrected chi connectivity index (χ0v) is 11.1. The number of hydrogen-bond acceptors (Lipinski definition) is 4. The minimum Gasteiger partial charge on any atom is -0.466 e. The van der Waals surface area contributed by atoms with Gasteiger partial charge in [-0.05, 0) is 19.1 Å². The molecule has 0 saturated carbocycles. The Balaban J connectivity index is 2.04. The van der Waals surface area contributed by atoms with Gasteiger partial charge in [-0.15, -0.1) is 5.10 Å². The van der Waals surface area contributed by atoms with Crippen molar-refractivity contribution in [3.8, 4) is 5.69 Å². The fourth-order valence-electron chi connectivity index (χ4n) is 1.78. The highest BCUT2D eigenvalue weighted by Gasteiger charge is 2.16. The Hall–Kier alpha value is -2.17. The molecule has 1 aromatic heterocycles. The quantitative estimate of drug-likeness (QED) is 0.771. The molecule has 0 N–H and O–H groups in total. The lowest BCUT2D eigenvalue weighted by molar-refractivity contribution is -0.147. The molecule has 19 heavy (non-hydrogen) atoms. The van der Waals surface area contributed by atoms with Gasteiger partial charge in [0.1, 0.15) is 0 Å². The normalized spacial score (nSPS) is 12.1. The lowest BCUT2D eigenvalue weighted by Crippen LogP contribution is -2.17. The van der Waals surface area contributed by atoms with Crippen LogP contribution in [-0.2, 0) is 16.0 Å². The van der Waals surface area contributed by atoms with E-state index in [0.717, 1.165) is 11.4 Å². The van der Waals surface area contributed by atoms with Crippen molar-refractivity contribution in [2.75, 3.05) is 6.61 Å². The van der Waals surface area contributed by atoms with Gasteiger partial charge in [0.05, 0.1) is 30.1 Å². The molecule has 0 amide bonds. The first-order valence-electron chi connectivity index (χ1n) is 6.34. The number of carbonyl (C=O) groups excluding carboxylic acids is 1. The monoisotopic (exact) mass is 259 g/mol. The van der Waals surface area contributed by atoms with Gasteiger partial charge >= 0.3 is 5.97 Å². The molecule has 1 aromatic carbocycles. The van der Waals surface area contributed by atoms with Gasteiger partial charge in [-0.1, -0.05) is 30.3 Å². The highest BCUT2D eigenvalue weighted by molar-refractivity contribution is 5.72. The Morgan fingerprint density at radius 2 is 2.11 bits per heavy atom. The summed E-state index contributed by atoms with van der Waals surface area (Å²) in [5.74, 6) is -0.405. The number of para-hydroxylation sites is 1. The second-order valence-electron chi connectivity index (χ2n) is 4.35. The number of ether oxygens (including phenoxy) is 1. The largest absolute Gasteiger partial charge is 0.466 e. The summed E-state index contributed by atoms with van der Waals surface area (Å²) < 4.78 is 6.67. The molecule has 0 aliphatic carbocycles. The van der Waals surface area contributed by atoms with Crippen LogP contribution in [0.1, 0.15) is 19.5 Å². The van der Waals surface area contributed by atoms with Gasteiger partial charge in [-0.3, -0.25) is 4.79 Å². The average Bonchev–Trinajstić information content (AvgIpc) is 2.88. The first kappa shape index (κ1) is 13.3. The minimum absolute atomic E-state index is 0.197. The summed E-state index contributed by atoms with van der Waals surface area (Å²) in [6, 6.07) is 9.74. The van der Waals surface area contributed by atoms with Gasteiger partial charge in [0.2, 0.25) is 0 Å². The Morgan fingerprint density at radius 1 is 1.37 bits per heavy atom. The van der Waals surface area contributed by atoms with E-state index < -0.39 is 0 Å². The molecule has 5 nitrogen and oxygen atoms in total. The van der Waals surface area contributed by atoms with E-state index in [0.29, 0.717) is 13.0 Å². The highest BCUT2D eigenvalue weighted by Crippen LogP contribution is 2.10. The number of hydrogen-bond donors (Lipinski definition) is 0. The molecule has 2 aromatic rings. The van der Waals surface area contributed by atoms with Crippen molar-refractivity contribution in [2.24, 2.45) is 5.92 Å². The van der Waals surface area contributed by atoms with E-state index in [1.54, 1.807) is 11.6 Å². The van der Waals surface area contributed by atoms with Gasteiger partial charge in [-0.25, -0.2) is 4.68 Å². The first-order chi connectivity index (χ1) is 9.20. The SMILES string of the molecule is CCOC(=O)C(C)Cc1cn(-c2ccccc2)nn1. The number of benzene rings is 1. The summed E-state index contributed by atoms with van der Waals surface area (Å²) >= 11 is 0. The molecular weight excluding hydrogens is 242 g/mol. The van der Waals surface area contributed by atoms with Crippen LogP contribution in [0.5, 0.6) is 0 Å². The Kier molecular flexibility index (Phi) is 4.28. The molecule has 1 atom stereocenters. The molecule has 5 heteroatoms. The summed E-state index contributed by atoms with van der Waals surface area (Å²) in [4.78, 5) is 11.5. The standard InChI is InChI=1S/C14H17N3O2/c1-3-19-14(18)11(2)9-12-10-17(16-15-12)13-7-5-4-6-8-13/h4-8,10-11H,3,9H2,1-2H3. The Morgan fingerprint density at radius 3 is 2.79 bits per heavy atom. The van der Waals surface area contributed by atoms with Crippen molar-refractivity contribution in [3.63, 3.8) is 0 Å². The van der Waals surface area contributed by atoms with Crippen LogP contribution in [0.25, 0.3) is 5.69 Å². The van der Waals surface area contributed by atoms with Crippen molar-refractivity contribution in [1.29, 1.82) is 0 Å². The second kappa shape index (κ2) is 6.13. The zero-order chi connectivity index (χ0) is 13.7. The third-order valence-electron chi connectivity index (χ3n) is 2.77. The van der Waals surface area contributed by atoms with Crippen LogP contribution in [0.2, 0.25) is 0 Å². The van der Waals surface area contributed by atoms with E-state index >= 15 is 0 Å². The third kappa shape index (κ3) is 3.40. The molecule has 1 heterocycles. The molecule has 0 saturated heterocycles. The molecule has 0 bridgehead atoms. The molecule has 0 aliphatic heterocycles. The van der Waals surface area contributed by atoms with E-state index in [1.165, 1.54) is 0 Å². The summed E-state index contributed by atoms with van der Waals surface area (Å²) in [5.41, 5.74) is 1.73. The number of esters is 1. The predicted molar refractivity (Wildman–Crippen MR) is 70.9 cm³/mol. The fraction of sp³-hybridized carbons (Fsp3) is 0.357. The van der Waals surface area contributed by atoms with Crippen LogP contribution in [0.15, 0.2) is 36.5 Å². The second-order valence-corrected chi connectivity index (χ2v) is 4.35. The van der Waals surface area contributed by atoms with E-state index in [-0.39, 0.29) is 11.9 Å². The van der Waals surface area contributed by atoms with E-state index in [9.17, 15) is 4.79 Å². The maximum absolute atomic E-state index is 11.5. The maximum Gasteiger partial charge on any atom is 0.309 e. The van der Waals surface area contributed by atoms with Crippen LogP contribution < -0.4 is 0 Å². The highest BCUT2D eigenvalue weighted by atomic mass is 16.5. The lowest BCUT2D eigenvalue weighted by Gasteiger charge is -2.07. The van der Waals surface area contributed by atoms with Crippen molar-refractivity contribution < 1.29 is 9.53 Å². The van der Waals surface area contributed by atoms with Crippen molar-refractivity contribution in [3.05, 3.63) is 42.2 Å². The van der Waals surface area contributed by atoms with Gasteiger partial charge in [0.25, 0.3) is 0 Å². The molecular formula is C14H17N3O2. The average molecular weight is 259 g/mol.